The number of nitrogen functional groups attached to an aromatic ring is 1. The zero-order valence-electron chi connectivity index (χ0n) is 10.2. The molecule has 0 spiro atoms. The third kappa shape index (κ3) is 2.26. The fourth-order valence-electron chi connectivity index (χ4n) is 2.10. The first kappa shape index (κ1) is 14.2. The van der Waals surface area contributed by atoms with Gasteiger partial charge < -0.3 is 5.73 Å². The van der Waals surface area contributed by atoms with Crippen LogP contribution in [0, 0.1) is 17.5 Å². The molecule has 0 bridgehead atoms. The SMILES string of the molecule is Nc1nc2c(F)cc(F)cc2n1-c1c(Cl)cc(F)cc1Br. The summed E-state index contributed by atoms with van der Waals surface area (Å²) in [5.74, 6) is -2.28. The van der Waals surface area contributed by atoms with Crippen LogP contribution in [0.5, 0.6) is 0 Å². The number of anilines is 1. The van der Waals surface area contributed by atoms with Gasteiger partial charge in [0.2, 0.25) is 5.95 Å². The van der Waals surface area contributed by atoms with Crippen molar-refractivity contribution in [1.29, 1.82) is 0 Å². The van der Waals surface area contributed by atoms with E-state index < -0.39 is 17.5 Å². The van der Waals surface area contributed by atoms with E-state index in [1.807, 2.05) is 0 Å². The number of halogens is 5. The number of benzene rings is 2. The molecular formula is C13H6BrClF3N3. The summed E-state index contributed by atoms with van der Waals surface area (Å²) in [6, 6.07) is 4.03. The molecule has 0 fully saturated rings. The average Bonchev–Trinajstić information content (AvgIpc) is 2.66. The van der Waals surface area contributed by atoms with Gasteiger partial charge >= 0.3 is 0 Å². The number of aromatic nitrogens is 2. The molecule has 0 amide bonds. The van der Waals surface area contributed by atoms with Gasteiger partial charge in [0.15, 0.2) is 5.82 Å². The zero-order valence-corrected chi connectivity index (χ0v) is 12.5. The number of hydrogen-bond acceptors (Lipinski definition) is 2. The van der Waals surface area contributed by atoms with E-state index in [-0.39, 0.29) is 32.2 Å². The molecule has 0 radical (unpaired) electrons. The number of rotatable bonds is 1. The standard InChI is InChI=1S/C13H6BrClF3N3/c14-7-1-5(16)2-8(15)12(7)21-10-4-6(17)3-9(18)11(10)20-13(21)19/h1-4H,(H2,19,20). The first-order valence-corrected chi connectivity index (χ1v) is 6.83. The van der Waals surface area contributed by atoms with E-state index in [0.717, 1.165) is 12.1 Å². The summed E-state index contributed by atoms with van der Waals surface area (Å²) in [4.78, 5) is 3.86. The molecule has 1 heterocycles. The molecule has 3 aromatic rings. The summed E-state index contributed by atoms with van der Waals surface area (Å²) in [6.07, 6.45) is 0. The highest BCUT2D eigenvalue weighted by Crippen LogP contribution is 2.35. The smallest absolute Gasteiger partial charge is 0.206 e. The van der Waals surface area contributed by atoms with E-state index in [0.29, 0.717) is 6.07 Å². The molecule has 108 valence electrons. The molecule has 21 heavy (non-hydrogen) atoms. The van der Waals surface area contributed by atoms with Crippen LogP contribution in [-0.4, -0.2) is 9.55 Å². The van der Waals surface area contributed by atoms with Gasteiger partial charge in [0.1, 0.15) is 17.2 Å². The summed E-state index contributed by atoms with van der Waals surface area (Å²) in [5, 5.41) is 0.0255. The van der Waals surface area contributed by atoms with Crippen LogP contribution in [-0.2, 0) is 0 Å². The number of nitrogens with zero attached hydrogens (tertiary/aromatic N) is 2. The Hall–Kier alpha value is -1.73. The monoisotopic (exact) mass is 375 g/mol. The van der Waals surface area contributed by atoms with Crippen molar-refractivity contribution in [3.63, 3.8) is 0 Å². The Morgan fingerprint density at radius 2 is 1.76 bits per heavy atom. The van der Waals surface area contributed by atoms with Crippen LogP contribution in [0.2, 0.25) is 5.02 Å². The second-order valence-corrected chi connectivity index (χ2v) is 5.54. The van der Waals surface area contributed by atoms with Gasteiger partial charge in [0.25, 0.3) is 0 Å². The maximum Gasteiger partial charge on any atom is 0.206 e. The molecule has 0 unspecified atom stereocenters. The van der Waals surface area contributed by atoms with Crippen LogP contribution in [0.15, 0.2) is 28.7 Å². The van der Waals surface area contributed by atoms with E-state index >= 15 is 0 Å². The highest BCUT2D eigenvalue weighted by molar-refractivity contribution is 9.10. The maximum atomic E-state index is 13.7. The number of hydrogen-bond donors (Lipinski definition) is 1. The molecule has 3 rings (SSSR count). The lowest BCUT2D eigenvalue weighted by atomic mass is 10.2. The molecular weight excluding hydrogens is 371 g/mol. The van der Waals surface area contributed by atoms with Crippen LogP contribution < -0.4 is 5.73 Å². The summed E-state index contributed by atoms with van der Waals surface area (Å²) in [5.41, 5.74) is 6.02. The Labute approximate surface area is 130 Å². The molecule has 2 aromatic carbocycles. The van der Waals surface area contributed by atoms with E-state index in [2.05, 4.69) is 20.9 Å². The highest BCUT2D eigenvalue weighted by Gasteiger charge is 2.19. The summed E-state index contributed by atoms with van der Waals surface area (Å²) >= 11 is 9.18. The number of fused-ring (bicyclic) bond motifs is 1. The van der Waals surface area contributed by atoms with Gasteiger partial charge in [-0.2, -0.15) is 0 Å². The lowest BCUT2D eigenvalue weighted by Crippen LogP contribution is -2.03. The largest absolute Gasteiger partial charge is 0.369 e. The van der Waals surface area contributed by atoms with Gasteiger partial charge in [-0.3, -0.25) is 4.57 Å². The van der Waals surface area contributed by atoms with Gasteiger partial charge in [0.05, 0.1) is 16.2 Å². The number of nitrogens with two attached hydrogens (primary N) is 1. The Kier molecular flexibility index (Phi) is 3.33. The van der Waals surface area contributed by atoms with Gasteiger partial charge in [-0.05, 0) is 28.1 Å². The lowest BCUT2D eigenvalue weighted by molar-refractivity contribution is 0.590. The normalized spacial score (nSPS) is 11.3. The Morgan fingerprint density at radius 3 is 2.43 bits per heavy atom. The van der Waals surface area contributed by atoms with Gasteiger partial charge in [-0.15, -0.1) is 0 Å². The van der Waals surface area contributed by atoms with Crippen molar-refractivity contribution in [1.82, 2.24) is 9.55 Å². The van der Waals surface area contributed by atoms with E-state index in [9.17, 15) is 13.2 Å². The lowest BCUT2D eigenvalue weighted by Gasteiger charge is -2.11. The fraction of sp³-hybridized carbons (Fsp3) is 0. The third-order valence-electron chi connectivity index (χ3n) is 2.91. The summed E-state index contributed by atoms with van der Waals surface area (Å²) < 4.78 is 42.0. The van der Waals surface area contributed by atoms with E-state index in [4.69, 9.17) is 17.3 Å². The molecule has 0 atom stereocenters. The highest BCUT2D eigenvalue weighted by atomic mass is 79.9. The average molecular weight is 377 g/mol. The third-order valence-corrected chi connectivity index (χ3v) is 3.80. The van der Waals surface area contributed by atoms with Crippen molar-refractivity contribution < 1.29 is 13.2 Å². The van der Waals surface area contributed by atoms with Crippen molar-refractivity contribution in [2.45, 2.75) is 0 Å². The molecule has 0 saturated carbocycles. The van der Waals surface area contributed by atoms with Crippen LogP contribution >= 0.6 is 27.5 Å². The van der Waals surface area contributed by atoms with Crippen molar-refractivity contribution in [3.05, 3.63) is 51.2 Å². The minimum atomic E-state index is -0.843. The first-order chi connectivity index (χ1) is 9.88. The van der Waals surface area contributed by atoms with Crippen LogP contribution in [0.1, 0.15) is 0 Å². The van der Waals surface area contributed by atoms with Crippen molar-refractivity contribution in [2.24, 2.45) is 0 Å². The second kappa shape index (κ2) is 4.92. The molecule has 0 saturated heterocycles. The van der Waals surface area contributed by atoms with Crippen molar-refractivity contribution >= 4 is 44.5 Å². The van der Waals surface area contributed by atoms with Crippen molar-refractivity contribution in [2.75, 3.05) is 5.73 Å². The summed E-state index contributed by atoms with van der Waals surface area (Å²) in [6.45, 7) is 0. The van der Waals surface area contributed by atoms with Crippen LogP contribution in [0.3, 0.4) is 0 Å². The minimum absolute atomic E-state index is 0.0255. The van der Waals surface area contributed by atoms with Crippen LogP contribution in [0.4, 0.5) is 19.1 Å². The molecule has 8 heteroatoms. The van der Waals surface area contributed by atoms with Gasteiger partial charge in [-0.1, -0.05) is 11.6 Å². The van der Waals surface area contributed by atoms with Gasteiger partial charge in [-0.25, -0.2) is 18.2 Å². The molecule has 0 aliphatic heterocycles. The predicted octanol–water partition coefficient (Wildman–Crippen LogP) is 4.44. The molecule has 0 aliphatic carbocycles. The Morgan fingerprint density at radius 1 is 1.10 bits per heavy atom. The Balaban J connectivity index is 2.44. The van der Waals surface area contributed by atoms with Crippen molar-refractivity contribution in [3.8, 4) is 5.69 Å². The number of imidazole rings is 1. The molecule has 1 aromatic heterocycles. The molecule has 2 N–H and O–H groups in total. The Bertz CT molecular complexity index is 856. The maximum absolute atomic E-state index is 13.7. The predicted molar refractivity (Wildman–Crippen MR) is 78.1 cm³/mol. The minimum Gasteiger partial charge on any atom is -0.369 e. The first-order valence-electron chi connectivity index (χ1n) is 5.66. The zero-order chi connectivity index (χ0) is 15.3. The molecule has 3 nitrogen and oxygen atoms in total. The molecule has 0 aliphatic rings. The second-order valence-electron chi connectivity index (χ2n) is 4.28. The van der Waals surface area contributed by atoms with Gasteiger partial charge in [0, 0.05) is 16.6 Å². The summed E-state index contributed by atoms with van der Waals surface area (Å²) in [7, 11) is 0. The quantitative estimate of drug-likeness (QED) is 0.682. The van der Waals surface area contributed by atoms with E-state index in [1.54, 1.807) is 0 Å². The van der Waals surface area contributed by atoms with Crippen LogP contribution in [0.25, 0.3) is 16.7 Å². The fourth-order valence-corrected chi connectivity index (χ4v) is 3.12. The van der Waals surface area contributed by atoms with E-state index in [1.165, 1.54) is 10.6 Å². The topological polar surface area (TPSA) is 43.8 Å².